The molecule has 0 bridgehead atoms. The van der Waals surface area contributed by atoms with E-state index in [-0.39, 0.29) is 5.16 Å². The van der Waals surface area contributed by atoms with Gasteiger partial charge in [0.15, 0.2) is 0 Å². The van der Waals surface area contributed by atoms with Crippen molar-refractivity contribution in [3.8, 4) is 5.88 Å². The van der Waals surface area contributed by atoms with Gasteiger partial charge in [-0.15, -0.1) is 0 Å². The van der Waals surface area contributed by atoms with E-state index < -0.39 is 6.26 Å². The monoisotopic (exact) mass is 369 g/mol. The molecule has 0 spiro atoms. The second-order valence-corrected chi connectivity index (χ2v) is 11.0. The van der Waals surface area contributed by atoms with Gasteiger partial charge in [0.05, 0.1) is 4.47 Å². The summed E-state index contributed by atoms with van der Waals surface area (Å²) in [5.74, 6) is 0.564. The highest BCUT2D eigenvalue weighted by Crippen LogP contribution is 2.57. The number of halogens is 1. The molecule has 1 aromatic heterocycles. The van der Waals surface area contributed by atoms with Crippen LogP contribution in [0.25, 0.3) is 0 Å². The van der Waals surface area contributed by atoms with Gasteiger partial charge in [-0.25, -0.2) is 4.98 Å². The Morgan fingerprint density at radius 1 is 1.10 bits per heavy atom. The molecule has 0 aliphatic rings. The third-order valence-corrected chi connectivity index (χ3v) is 9.20. The van der Waals surface area contributed by atoms with Crippen LogP contribution in [-0.4, -0.2) is 10.1 Å². The van der Waals surface area contributed by atoms with E-state index in [0.29, 0.717) is 5.88 Å². The molecule has 0 aliphatic carbocycles. The summed E-state index contributed by atoms with van der Waals surface area (Å²) in [5, 5.41) is 0.917. The van der Waals surface area contributed by atoms with Crippen molar-refractivity contribution in [1.82, 2.24) is 4.98 Å². The van der Waals surface area contributed by atoms with Gasteiger partial charge in [0, 0.05) is 16.7 Å². The molecule has 0 aliphatic heterocycles. The zero-order chi connectivity index (χ0) is 14.8. The molecule has 2 rings (SSSR count). The quantitative estimate of drug-likeness (QED) is 0.729. The first-order valence-corrected chi connectivity index (χ1v) is 9.82. The first kappa shape index (κ1) is 15.7. The lowest BCUT2D eigenvalue weighted by Gasteiger charge is -2.35. The van der Waals surface area contributed by atoms with Crippen molar-refractivity contribution in [3.63, 3.8) is 0 Å². The zero-order valence-electron chi connectivity index (χ0n) is 11.7. The summed E-state index contributed by atoms with van der Waals surface area (Å²) in [6.07, 6.45) is -0.548. The Morgan fingerprint density at radius 3 is 2.30 bits per heavy atom. The summed E-state index contributed by atoms with van der Waals surface area (Å²) in [5.41, 5.74) is 0. The molecule has 1 heterocycles. The van der Waals surface area contributed by atoms with Crippen LogP contribution >= 0.6 is 22.2 Å². The van der Waals surface area contributed by atoms with Crippen LogP contribution in [0.3, 0.4) is 0 Å². The molecule has 0 saturated carbocycles. The Kier molecular flexibility index (Phi) is 4.68. The van der Waals surface area contributed by atoms with E-state index >= 15 is 0 Å². The van der Waals surface area contributed by atoms with Crippen LogP contribution in [0.2, 0.25) is 0 Å². The Labute approximate surface area is 133 Å². The predicted octanol–water partition coefficient (Wildman–Crippen LogP) is 4.74. The molecule has 0 saturated heterocycles. The number of aromatic nitrogens is 1. The van der Waals surface area contributed by atoms with E-state index in [9.17, 15) is 0 Å². The van der Waals surface area contributed by atoms with Gasteiger partial charge in [-0.1, -0.05) is 51.1 Å². The van der Waals surface area contributed by atoms with Crippen molar-refractivity contribution in [3.05, 3.63) is 53.1 Å². The fourth-order valence-corrected chi connectivity index (χ4v) is 4.91. The molecule has 0 fully saturated rings. The summed E-state index contributed by atoms with van der Waals surface area (Å²) < 4.78 is 7.08. The van der Waals surface area contributed by atoms with Gasteiger partial charge in [0.25, 0.3) is 0 Å². The average molecular weight is 370 g/mol. The number of nitrogens with zero attached hydrogens (tertiary/aromatic N) is 1. The highest BCUT2D eigenvalue weighted by molar-refractivity contribution is 9.10. The molecule has 5 heteroatoms. The zero-order valence-corrected chi connectivity index (χ0v) is 15.0. The second kappa shape index (κ2) is 5.97. The van der Waals surface area contributed by atoms with E-state index in [1.165, 1.54) is 0 Å². The molecule has 1 atom stereocenters. The predicted molar refractivity (Wildman–Crippen MR) is 92.7 cm³/mol. The van der Waals surface area contributed by atoms with Crippen molar-refractivity contribution < 1.29 is 4.52 Å². The molecule has 0 N–H and O–H groups in total. The van der Waals surface area contributed by atoms with Crippen molar-refractivity contribution in [1.29, 1.82) is 0 Å². The SMILES string of the molecule is CC(C)(C)P(=S)(Oc1ncccc1Br)c1ccccc1. The standard InChI is InChI=1S/C15H17BrNOPS/c1-15(2,3)19(20,12-8-5-4-6-9-12)18-14-13(16)10-7-11-17-14/h4-11H,1-3H3. The minimum absolute atomic E-state index is 0.152. The van der Waals surface area contributed by atoms with Gasteiger partial charge >= 0.3 is 0 Å². The normalized spacial score (nSPS) is 14.6. The molecule has 0 amide bonds. The molecule has 2 nitrogen and oxygen atoms in total. The Balaban J connectivity index is 2.51. The molecular weight excluding hydrogens is 353 g/mol. The minimum atomic E-state index is -2.26. The van der Waals surface area contributed by atoms with Crippen LogP contribution < -0.4 is 9.83 Å². The fraction of sp³-hybridized carbons (Fsp3) is 0.267. The number of hydrogen-bond acceptors (Lipinski definition) is 3. The van der Waals surface area contributed by atoms with E-state index in [4.69, 9.17) is 16.3 Å². The van der Waals surface area contributed by atoms with Gasteiger partial charge in [0.2, 0.25) is 5.88 Å². The van der Waals surface area contributed by atoms with Gasteiger partial charge in [-0.05, 0) is 39.9 Å². The number of pyridine rings is 1. The molecule has 0 radical (unpaired) electrons. The van der Waals surface area contributed by atoms with Gasteiger partial charge < -0.3 is 4.52 Å². The van der Waals surface area contributed by atoms with Crippen molar-refractivity contribution in [2.24, 2.45) is 0 Å². The lowest BCUT2D eigenvalue weighted by molar-refractivity contribution is 0.556. The smallest absolute Gasteiger partial charge is 0.231 e. The third kappa shape index (κ3) is 3.13. The number of rotatable bonds is 3. The maximum Gasteiger partial charge on any atom is 0.231 e. The van der Waals surface area contributed by atoms with Crippen LogP contribution in [-0.2, 0) is 11.8 Å². The molecule has 1 unspecified atom stereocenters. The van der Waals surface area contributed by atoms with Crippen LogP contribution in [0.15, 0.2) is 53.1 Å². The maximum absolute atomic E-state index is 6.25. The maximum atomic E-state index is 6.25. The summed E-state index contributed by atoms with van der Waals surface area (Å²) in [6, 6.07) is 13.8. The summed E-state index contributed by atoms with van der Waals surface area (Å²) in [7, 11) is 0. The van der Waals surface area contributed by atoms with Crippen LogP contribution in [0.1, 0.15) is 20.8 Å². The molecule has 20 heavy (non-hydrogen) atoms. The minimum Gasteiger partial charge on any atom is -0.443 e. The third-order valence-electron chi connectivity index (χ3n) is 2.92. The summed E-state index contributed by atoms with van der Waals surface area (Å²) in [6.45, 7) is 6.37. The highest BCUT2D eigenvalue weighted by Gasteiger charge is 2.36. The first-order valence-electron chi connectivity index (χ1n) is 6.30. The van der Waals surface area contributed by atoms with Gasteiger partial charge in [-0.2, -0.15) is 0 Å². The van der Waals surface area contributed by atoms with Gasteiger partial charge in [0.1, 0.15) is 6.26 Å². The van der Waals surface area contributed by atoms with Crippen molar-refractivity contribution in [2.75, 3.05) is 0 Å². The second-order valence-electron chi connectivity index (χ2n) is 5.44. The average Bonchev–Trinajstić information content (AvgIpc) is 2.41. The van der Waals surface area contributed by atoms with Crippen LogP contribution in [0.4, 0.5) is 0 Å². The largest absolute Gasteiger partial charge is 0.443 e. The summed E-state index contributed by atoms with van der Waals surface area (Å²) in [4.78, 5) is 4.29. The molecule has 1 aromatic carbocycles. The summed E-state index contributed by atoms with van der Waals surface area (Å²) >= 11 is 9.45. The van der Waals surface area contributed by atoms with E-state index in [0.717, 1.165) is 9.78 Å². The molecule has 106 valence electrons. The topological polar surface area (TPSA) is 22.1 Å². The Morgan fingerprint density at radius 2 is 1.75 bits per heavy atom. The van der Waals surface area contributed by atoms with Crippen LogP contribution in [0.5, 0.6) is 5.88 Å². The van der Waals surface area contributed by atoms with Gasteiger partial charge in [-0.3, -0.25) is 0 Å². The highest BCUT2D eigenvalue weighted by atomic mass is 79.9. The van der Waals surface area contributed by atoms with Crippen LogP contribution in [0, 0.1) is 0 Å². The number of hydrogen-bond donors (Lipinski definition) is 0. The lowest BCUT2D eigenvalue weighted by atomic mass is 10.3. The van der Waals surface area contributed by atoms with E-state index in [2.05, 4.69) is 41.7 Å². The molecular formula is C15H17BrNOPS. The van der Waals surface area contributed by atoms with Crippen molar-refractivity contribution >= 4 is 39.3 Å². The first-order chi connectivity index (χ1) is 9.34. The number of benzene rings is 1. The van der Waals surface area contributed by atoms with E-state index in [1.54, 1.807) is 6.20 Å². The lowest BCUT2D eigenvalue weighted by Crippen LogP contribution is -2.26. The Bertz CT molecular complexity index is 640. The van der Waals surface area contributed by atoms with Crippen molar-refractivity contribution in [2.45, 2.75) is 25.9 Å². The fourth-order valence-electron chi connectivity index (χ4n) is 1.76. The van der Waals surface area contributed by atoms with E-state index in [1.807, 2.05) is 42.5 Å². The molecule has 2 aromatic rings. The Hall–Kier alpha value is -0.700.